The first-order valence-corrected chi connectivity index (χ1v) is 7.35. The maximum Gasteiger partial charge on any atom is 0.409 e. The summed E-state index contributed by atoms with van der Waals surface area (Å²) in [6.45, 7) is 6.84. The van der Waals surface area contributed by atoms with Crippen LogP contribution in [0.15, 0.2) is 18.3 Å². The second-order valence-electron chi connectivity index (χ2n) is 6.36. The third-order valence-corrected chi connectivity index (χ3v) is 3.38. The molecule has 0 fully saturated rings. The largest absolute Gasteiger partial charge is 0.465 e. The number of benzene rings is 1. The van der Waals surface area contributed by atoms with Crippen LogP contribution in [-0.2, 0) is 0 Å². The molecule has 1 aromatic heterocycles. The second-order valence-corrected chi connectivity index (χ2v) is 6.76. The number of pyridine rings is 1. The zero-order valence-corrected chi connectivity index (χ0v) is 13.8. The molecule has 0 spiro atoms. The van der Waals surface area contributed by atoms with Gasteiger partial charge in [0.15, 0.2) is 0 Å². The molecule has 2 rings (SSSR count). The topological polar surface area (TPSA) is 98.0 Å². The lowest BCUT2D eigenvalue weighted by molar-refractivity contribution is 0.210. The number of fused-ring (bicyclic) bond motifs is 1. The van der Waals surface area contributed by atoms with E-state index in [0.29, 0.717) is 39.4 Å². The molecule has 3 N–H and O–H groups in total. The van der Waals surface area contributed by atoms with E-state index in [-0.39, 0.29) is 5.41 Å². The Bertz CT molecular complexity index is 806. The van der Waals surface area contributed by atoms with Crippen LogP contribution in [0.25, 0.3) is 10.9 Å². The Balaban J connectivity index is 2.62. The number of carboxylic acid groups (broad SMARTS) is 1. The van der Waals surface area contributed by atoms with Gasteiger partial charge in [0.25, 0.3) is 0 Å². The van der Waals surface area contributed by atoms with Gasteiger partial charge in [-0.05, 0) is 17.5 Å². The second kappa shape index (κ2) is 6.31. The molecule has 0 aliphatic heterocycles. The molecule has 1 amide bonds. The highest BCUT2D eigenvalue weighted by Crippen LogP contribution is 2.33. The zero-order chi connectivity index (χ0) is 17.2. The van der Waals surface area contributed by atoms with Gasteiger partial charge in [-0.25, -0.2) is 4.79 Å². The van der Waals surface area contributed by atoms with Crippen LogP contribution < -0.4 is 10.6 Å². The molecule has 7 heteroatoms. The molecule has 0 bridgehead atoms. The third-order valence-electron chi connectivity index (χ3n) is 3.09. The van der Waals surface area contributed by atoms with E-state index in [1.165, 1.54) is 12.3 Å². The lowest BCUT2D eigenvalue weighted by Gasteiger charge is -2.21. The number of amides is 1. The molecule has 0 aliphatic carbocycles. The van der Waals surface area contributed by atoms with Crippen molar-refractivity contribution < 1.29 is 9.90 Å². The van der Waals surface area contributed by atoms with Crippen LogP contribution in [0.3, 0.4) is 0 Å². The lowest BCUT2D eigenvalue weighted by atomic mass is 9.96. The van der Waals surface area contributed by atoms with Gasteiger partial charge in [0.05, 0.1) is 21.8 Å². The highest BCUT2D eigenvalue weighted by atomic mass is 35.5. The third kappa shape index (κ3) is 4.02. The molecule has 23 heavy (non-hydrogen) atoms. The summed E-state index contributed by atoms with van der Waals surface area (Å²) in [6.07, 6.45) is 0.276. The van der Waals surface area contributed by atoms with Gasteiger partial charge < -0.3 is 10.4 Å². The quantitative estimate of drug-likeness (QED) is 0.778. The summed E-state index contributed by atoms with van der Waals surface area (Å²) < 4.78 is 0. The van der Waals surface area contributed by atoms with Gasteiger partial charge in [-0.15, -0.1) is 0 Å². The minimum absolute atomic E-state index is 0.00301. The van der Waals surface area contributed by atoms with Gasteiger partial charge in [-0.1, -0.05) is 32.4 Å². The van der Waals surface area contributed by atoms with Crippen molar-refractivity contribution in [1.82, 2.24) is 4.98 Å². The maximum atomic E-state index is 10.8. The van der Waals surface area contributed by atoms with Gasteiger partial charge in [0, 0.05) is 23.8 Å². The minimum Gasteiger partial charge on any atom is -0.465 e. The van der Waals surface area contributed by atoms with Crippen molar-refractivity contribution in [3.63, 3.8) is 0 Å². The van der Waals surface area contributed by atoms with Gasteiger partial charge in [0.1, 0.15) is 6.07 Å². The Hall–Kier alpha value is -2.52. The van der Waals surface area contributed by atoms with E-state index in [0.717, 1.165) is 0 Å². The summed E-state index contributed by atoms with van der Waals surface area (Å²) >= 11 is 6.20. The Morgan fingerprint density at radius 2 is 2.13 bits per heavy atom. The molecule has 120 valence electrons. The zero-order valence-electron chi connectivity index (χ0n) is 13.1. The Morgan fingerprint density at radius 3 is 2.70 bits per heavy atom. The Labute approximate surface area is 139 Å². The highest BCUT2D eigenvalue weighted by molar-refractivity contribution is 6.36. The molecule has 1 aromatic carbocycles. The minimum atomic E-state index is -1.19. The van der Waals surface area contributed by atoms with Crippen LogP contribution in [0, 0.1) is 16.7 Å². The smallest absolute Gasteiger partial charge is 0.409 e. The van der Waals surface area contributed by atoms with Crippen LogP contribution in [0.1, 0.15) is 26.3 Å². The van der Waals surface area contributed by atoms with Gasteiger partial charge >= 0.3 is 6.09 Å². The average molecular weight is 333 g/mol. The fourth-order valence-corrected chi connectivity index (χ4v) is 2.35. The van der Waals surface area contributed by atoms with Crippen molar-refractivity contribution in [3.05, 3.63) is 28.9 Å². The standard InChI is InChI=1S/C16H17ClN4O2/c1-16(2,3)8-20-13-9(6-18)7-19-14-11(13)4-10(5-12(14)17)21-15(22)23/h4-5,7,21H,8H2,1-3H3,(H,19,20)(H,22,23). The van der Waals surface area contributed by atoms with Crippen molar-refractivity contribution in [2.75, 3.05) is 17.2 Å². The first-order chi connectivity index (χ1) is 10.7. The fraction of sp³-hybridized carbons (Fsp3) is 0.312. The number of anilines is 2. The van der Waals surface area contributed by atoms with E-state index in [2.05, 4.69) is 42.5 Å². The summed E-state index contributed by atoms with van der Waals surface area (Å²) in [5, 5.41) is 24.6. The summed E-state index contributed by atoms with van der Waals surface area (Å²) in [5.74, 6) is 0. The number of nitriles is 1. The summed E-state index contributed by atoms with van der Waals surface area (Å²) in [7, 11) is 0. The van der Waals surface area contributed by atoms with E-state index in [9.17, 15) is 10.1 Å². The normalized spacial score (nSPS) is 11.1. The molecular weight excluding hydrogens is 316 g/mol. The summed E-state index contributed by atoms with van der Waals surface area (Å²) in [6, 6.07) is 5.21. The van der Waals surface area contributed by atoms with Crippen LogP contribution in [0.4, 0.5) is 16.2 Å². The van der Waals surface area contributed by atoms with E-state index in [1.54, 1.807) is 6.07 Å². The van der Waals surface area contributed by atoms with E-state index in [4.69, 9.17) is 16.7 Å². The van der Waals surface area contributed by atoms with Gasteiger partial charge in [-0.3, -0.25) is 10.3 Å². The van der Waals surface area contributed by atoms with Gasteiger partial charge in [-0.2, -0.15) is 5.26 Å². The number of nitrogens with zero attached hydrogens (tertiary/aromatic N) is 2. The lowest BCUT2D eigenvalue weighted by Crippen LogP contribution is -2.19. The molecule has 1 heterocycles. The predicted molar refractivity (Wildman–Crippen MR) is 91.1 cm³/mol. The molecule has 6 nitrogen and oxygen atoms in total. The molecule has 0 radical (unpaired) electrons. The first-order valence-electron chi connectivity index (χ1n) is 6.97. The van der Waals surface area contributed by atoms with E-state index >= 15 is 0 Å². The van der Waals surface area contributed by atoms with Crippen LogP contribution in [-0.4, -0.2) is 22.7 Å². The molecule has 0 saturated heterocycles. The number of rotatable bonds is 3. The molecule has 0 saturated carbocycles. The van der Waals surface area contributed by atoms with Crippen molar-refractivity contribution in [2.45, 2.75) is 20.8 Å². The number of hydrogen-bond acceptors (Lipinski definition) is 4. The molecule has 2 aromatic rings. The SMILES string of the molecule is CC(C)(C)CNc1c(C#N)cnc2c(Cl)cc(NC(=O)O)cc12. The monoisotopic (exact) mass is 332 g/mol. The molecule has 0 atom stereocenters. The van der Waals surface area contributed by atoms with Crippen LogP contribution in [0.2, 0.25) is 5.02 Å². The van der Waals surface area contributed by atoms with E-state index < -0.39 is 6.09 Å². The van der Waals surface area contributed by atoms with Crippen molar-refractivity contribution in [3.8, 4) is 6.07 Å². The Morgan fingerprint density at radius 1 is 1.43 bits per heavy atom. The molecular formula is C16H17ClN4O2. The number of hydrogen-bond donors (Lipinski definition) is 3. The molecule has 0 aliphatic rings. The highest BCUT2D eigenvalue weighted by Gasteiger charge is 2.16. The number of carbonyl (C=O) groups is 1. The first kappa shape index (κ1) is 16.8. The number of halogens is 1. The van der Waals surface area contributed by atoms with E-state index in [1.807, 2.05) is 0 Å². The summed E-state index contributed by atoms with van der Waals surface area (Å²) in [4.78, 5) is 15.1. The number of aromatic nitrogens is 1. The average Bonchev–Trinajstić information content (AvgIpc) is 2.43. The van der Waals surface area contributed by atoms with Crippen molar-refractivity contribution in [1.29, 1.82) is 5.26 Å². The van der Waals surface area contributed by atoms with Crippen LogP contribution in [0.5, 0.6) is 0 Å². The van der Waals surface area contributed by atoms with Crippen LogP contribution >= 0.6 is 11.6 Å². The maximum absolute atomic E-state index is 10.8. The van der Waals surface area contributed by atoms with Gasteiger partial charge in [0.2, 0.25) is 0 Å². The van der Waals surface area contributed by atoms with Crippen molar-refractivity contribution in [2.24, 2.45) is 5.41 Å². The van der Waals surface area contributed by atoms with Crippen molar-refractivity contribution >= 4 is 40.0 Å². The fourth-order valence-electron chi connectivity index (χ4n) is 2.08. The summed E-state index contributed by atoms with van der Waals surface area (Å²) in [5.41, 5.74) is 1.82. The predicted octanol–water partition coefficient (Wildman–Crippen LogP) is 4.31. The number of nitrogens with one attached hydrogen (secondary N) is 2. The molecule has 0 unspecified atom stereocenters. The Kier molecular flexibility index (Phi) is 4.62.